The summed E-state index contributed by atoms with van der Waals surface area (Å²) in [7, 11) is 0. The van der Waals surface area contributed by atoms with Gasteiger partial charge in [0.1, 0.15) is 0 Å². The van der Waals surface area contributed by atoms with Crippen molar-refractivity contribution >= 4 is 22.4 Å². The molecule has 4 aromatic rings. The number of fused-ring (bicyclic) bond motifs is 4. The molecular weight excluding hydrogens is 350 g/mol. The normalized spacial score (nSPS) is 14.3. The van der Waals surface area contributed by atoms with Gasteiger partial charge in [0.15, 0.2) is 0 Å². The molecule has 4 aromatic carbocycles. The Morgan fingerprint density at radius 3 is 2.19 bits per heavy atom. The summed E-state index contributed by atoms with van der Waals surface area (Å²) >= 11 is 6.08. The maximum Gasteiger partial charge on any atom is 0.299 e. The third-order valence-corrected chi connectivity index (χ3v) is 5.28. The van der Waals surface area contributed by atoms with Crippen LogP contribution in [-0.4, -0.2) is 0 Å². The largest absolute Gasteiger partial charge is 0.299 e. The molecule has 0 saturated carbocycles. The monoisotopic (exact) mass is 362 g/mol. The van der Waals surface area contributed by atoms with Gasteiger partial charge in [0.05, 0.1) is 0 Å². The first kappa shape index (κ1) is 15.5. The molecule has 26 heavy (non-hydrogen) atoms. The molecule has 1 aliphatic carbocycles. The second-order valence-corrected chi connectivity index (χ2v) is 7.02. The summed E-state index contributed by atoms with van der Waals surface area (Å²) in [5, 5.41) is 2.72. The summed E-state index contributed by atoms with van der Waals surface area (Å²) in [4.78, 5) is 0. The highest BCUT2D eigenvalue weighted by Gasteiger charge is 2.44. The molecule has 0 N–H and O–H groups in total. The lowest BCUT2D eigenvalue weighted by molar-refractivity contribution is 0.0480. The van der Waals surface area contributed by atoms with Crippen LogP contribution in [0.15, 0.2) is 78.9 Å². The molecule has 0 radical (unpaired) electrons. The Kier molecular flexibility index (Phi) is 3.22. The van der Waals surface area contributed by atoms with Crippen LogP contribution in [0, 0.1) is 0 Å². The van der Waals surface area contributed by atoms with Crippen LogP contribution in [0.5, 0.6) is 0 Å². The third kappa shape index (κ3) is 2.19. The predicted molar refractivity (Wildman–Crippen MR) is 103 cm³/mol. The lowest BCUT2D eigenvalue weighted by Gasteiger charge is -2.13. The Labute approximate surface area is 154 Å². The van der Waals surface area contributed by atoms with Crippen molar-refractivity contribution in [3.63, 3.8) is 0 Å². The minimum atomic E-state index is -2.97. The van der Waals surface area contributed by atoms with Crippen molar-refractivity contribution in [3.05, 3.63) is 95.0 Å². The fourth-order valence-electron chi connectivity index (χ4n) is 3.75. The quantitative estimate of drug-likeness (QED) is 0.333. The molecule has 1 aliphatic rings. The van der Waals surface area contributed by atoms with Gasteiger partial charge in [-0.3, -0.25) is 0 Å². The van der Waals surface area contributed by atoms with E-state index in [9.17, 15) is 8.78 Å². The third-order valence-electron chi connectivity index (χ3n) is 5.05. The highest BCUT2D eigenvalue weighted by molar-refractivity contribution is 6.31. The van der Waals surface area contributed by atoms with Crippen molar-refractivity contribution in [1.29, 1.82) is 0 Å². The van der Waals surface area contributed by atoms with E-state index in [0.29, 0.717) is 16.1 Å². The van der Waals surface area contributed by atoms with Crippen molar-refractivity contribution in [2.24, 2.45) is 0 Å². The molecule has 0 bridgehead atoms. The van der Waals surface area contributed by atoms with E-state index in [4.69, 9.17) is 11.6 Å². The van der Waals surface area contributed by atoms with E-state index >= 15 is 0 Å². The summed E-state index contributed by atoms with van der Waals surface area (Å²) < 4.78 is 29.8. The highest BCUT2D eigenvalue weighted by atomic mass is 35.5. The molecule has 126 valence electrons. The van der Waals surface area contributed by atoms with Crippen LogP contribution in [0.1, 0.15) is 11.1 Å². The van der Waals surface area contributed by atoms with E-state index in [0.717, 1.165) is 21.9 Å². The molecule has 0 atom stereocenters. The molecule has 0 spiro atoms. The Balaban J connectivity index is 1.68. The fourth-order valence-corrected chi connectivity index (χ4v) is 3.93. The summed E-state index contributed by atoms with van der Waals surface area (Å²) in [5.74, 6) is -2.97. The highest BCUT2D eigenvalue weighted by Crippen LogP contribution is 2.51. The molecule has 0 unspecified atom stereocenters. The number of alkyl halides is 2. The van der Waals surface area contributed by atoms with Crippen LogP contribution >= 0.6 is 11.6 Å². The van der Waals surface area contributed by atoms with Gasteiger partial charge in [-0.25, -0.2) is 0 Å². The minimum absolute atomic E-state index is 0.0717. The average Bonchev–Trinajstić information content (AvgIpc) is 2.89. The molecule has 0 aromatic heterocycles. The van der Waals surface area contributed by atoms with Crippen LogP contribution < -0.4 is 0 Å². The molecular formula is C23H13ClF2. The Hall–Kier alpha value is -2.71. The lowest BCUT2D eigenvalue weighted by atomic mass is 9.96. The van der Waals surface area contributed by atoms with Crippen LogP contribution in [0.25, 0.3) is 33.0 Å². The van der Waals surface area contributed by atoms with E-state index in [1.54, 1.807) is 30.3 Å². The summed E-state index contributed by atoms with van der Waals surface area (Å²) in [6.45, 7) is 0. The molecule has 0 aliphatic heterocycles. The van der Waals surface area contributed by atoms with E-state index in [1.807, 2.05) is 42.5 Å². The van der Waals surface area contributed by atoms with E-state index in [2.05, 4.69) is 0 Å². The van der Waals surface area contributed by atoms with Gasteiger partial charge >= 0.3 is 0 Å². The SMILES string of the molecule is FC1(F)c2ccccc2-c2ccc(-c3ccc4ccc(Cl)cc4c3)cc21. The molecule has 0 heterocycles. The Morgan fingerprint density at radius 1 is 0.615 bits per heavy atom. The van der Waals surface area contributed by atoms with Gasteiger partial charge in [0.2, 0.25) is 0 Å². The van der Waals surface area contributed by atoms with Crippen molar-refractivity contribution in [1.82, 2.24) is 0 Å². The predicted octanol–water partition coefficient (Wildman–Crippen LogP) is 7.28. The zero-order valence-electron chi connectivity index (χ0n) is 13.6. The van der Waals surface area contributed by atoms with Crippen molar-refractivity contribution in [2.45, 2.75) is 5.92 Å². The topological polar surface area (TPSA) is 0 Å². The van der Waals surface area contributed by atoms with Gasteiger partial charge in [0.25, 0.3) is 5.92 Å². The van der Waals surface area contributed by atoms with Crippen LogP contribution in [-0.2, 0) is 5.92 Å². The zero-order valence-corrected chi connectivity index (χ0v) is 14.4. The molecule has 5 rings (SSSR count). The molecule has 0 fully saturated rings. The van der Waals surface area contributed by atoms with E-state index in [-0.39, 0.29) is 11.1 Å². The molecule has 0 nitrogen and oxygen atoms in total. The fraction of sp³-hybridized carbons (Fsp3) is 0.0435. The Bertz CT molecular complexity index is 1180. The van der Waals surface area contributed by atoms with Gasteiger partial charge in [0, 0.05) is 16.1 Å². The van der Waals surface area contributed by atoms with Crippen molar-refractivity contribution in [2.75, 3.05) is 0 Å². The number of hydrogen-bond acceptors (Lipinski definition) is 0. The molecule has 3 heteroatoms. The first-order valence-corrected chi connectivity index (χ1v) is 8.74. The number of halogens is 3. The summed E-state index contributed by atoms with van der Waals surface area (Å²) in [6, 6.07) is 23.7. The van der Waals surface area contributed by atoms with Crippen LogP contribution in [0.2, 0.25) is 5.02 Å². The Morgan fingerprint density at radius 2 is 1.31 bits per heavy atom. The van der Waals surface area contributed by atoms with Gasteiger partial charge in [-0.05, 0) is 57.3 Å². The lowest BCUT2D eigenvalue weighted by Crippen LogP contribution is -2.10. The molecule has 0 saturated heterocycles. The van der Waals surface area contributed by atoms with Gasteiger partial charge in [-0.1, -0.05) is 66.2 Å². The van der Waals surface area contributed by atoms with Crippen LogP contribution in [0.3, 0.4) is 0 Å². The van der Waals surface area contributed by atoms with Crippen LogP contribution in [0.4, 0.5) is 8.78 Å². The maximum absolute atomic E-state index is 14.9. The van der Waals surface area contributed by atoms with Crippen molar-refractivity contribution in [3.8, 4) is 22.3 Å². The van der Waals surface area contributed by atoms with E-state index in [1.165, 1.54) is 6.07 Å². The number of hydrogen-bond donors (Lipinski definition) is 0. The summed E-state index contributed by atoms with van der Waals surface area (Å²) in [6.07, 6.45) is 0. The first-order valence-electron chi connectivity index (χ1n) is 8.36. The minimum Gasteiger partial charge on any atom is -0.196 e. The van der Waals surface area contributed by atoms with E-state index < -0.39 is 5.92 Å². The standard InChI is InChI=1S/C23H13ClF2/c24-18-9-7-14-5-6-15(11-17(14)12-18)16-8-10-20-19-3-1-2-4-21(19)23(25,26)22(20)13-16/h1-13H. The number of rotatable bonds is 1. The smallest absolute Gasteiger partial charge is 0.196 e. The van der Waals surface area contributed by atoms with Crippen molar-refractivity contribution < 1.29 is 8.78 Å². The summed E-state index contributed by atoms with van der Waals surface area (Å²) in [5.41, 5.74) is 3.05. The average molecular weight is 363 g/mol. The maximum atomic E-state index is 14.9. The second kappa shape index (κ2) is 5.39. The van der Waals surface area contributed by atoms with Gasteiger partial charge in [-0.15, -0.1) is 0 Å². The molecule has 0 amide bonds. The first-order chi connectivity index (χ1) is 12.5. The van der Waals surface area contributed by atoms with Gasteiger partial charge < -0.3 is 0 Å². The zero-order chi connectivity index (χ0) is 17.9. The second-order valence-electron chi connectivity index (χ2n) is 6.59. The van der Waals surface area contributed by atoms with Gasteiger partial charge in [-0.2, -0.15) is 8.78 Å². The number of benzene rings is 4.